The van der Waals surface area contributed by atoms with Crippen LogP contribution < -0.4 is 18.9 Å². The largest absolute Gasteiger partial charge is 0.484 e. The molecule has 0 aliphatic heterocycles. The third kappa shape index (κ3) is 8.48. The second kappa shape index (κ2) is 10.8. The molecule has 216 valence electrons. The van der Waals surface area contributed by atoms with Crippen LogP contribution in [0.1, 0.15) is 94.2 Å². The van der Waals surface area contributed by atoms with Crippen molar-refractivity contribution in [1.29, 1.82) is 0 Å². The third-order valence-electron chi connectivity index (χ3n) is 5.26. The molecule has 0 spiro atoms. The molecule has 0 saturated carbocycles. The summed E-state index contributed by atoms with van der Waals surface area (Å²) in [4.78, 5) is 26.8. The molecule has 6 heteroatoms. The van der Waals surface area contributed by atoms with Gasteiger partial charge in [0.15, 0.2) is 34.6 Å². The Morgan fingerprint density at radius 1 is 0.425 bits per heavy atom. The lowest BCUT2D eigenvalue weighted by molar-refractivity contribution is -0.112. The van der Waals surface area contributed by atoms with E-state index >= 15 is 0 Å². The van der Waals surface area contributed by atoms with Crippen LogP contribution in [0.2, 0.25) is 0 Å². The van der Waals surface area contributed by atoms with Crippen molar-refractivity contribution in [2.45, 2.75) is 105 Å². The third-order valence-corrected chi connectivity index (χ3v) is 5.26. The maximum atomic E-state index is 13.4. The number of carbonyl (C=O) groups excluding carboxylic acids is 2. The van der Waals surface area contributed by atoms with Crippen LogP contribution in [0.15, 0.2) is 48.6 Å². The zero-order valence-corrected chi connectivity index (χ0v) is 26.1. The summed E-state index contributed by atoms with van der Waals surface area (Å²) in [6.07, 6.45) is 2.63. The summed E-state index contributed by atoms with van der Waals surface area (Å²) in [5, 5.41) is 0. The van der Waals surface area contributed by atoms with Crippen molar-refractivity contribution in [2.24, 2.45) is 0 Å². The highest BCUT2D eigenvalue weighted by molar-refractivity contribution is 6.48. The van der Waals surface area contributed by atoms with Crippen LogP contribution in [0.3, 0.4) is 0 Å². The van der Waals surface area contributed by atoms with Gasteiger partial charge in [0.2, 0.25) is 0 Å². The monoisotopic (exact) mass is 548 g/mol. The van der Waals surface area contributed by atoms with Gasteiger partial charge in [0, 0.05) is 11.1 Å². The number of ether oxygens (including phenoxy) is 4. The van der Waals surface area contributed by atoms with E-state index in [0.29, 0.717) is 45.3 Å². The Kier molecular flexibility index (Phi) is 8.36. The second-order valence-electron chi connectivity index (χ2n) is 14.0. The van der Waals surface area contributed by atoms with E-state index in [1.54, 1.807) is 36.4 Å². The molecule has 0 heterocycles. The lowest BCUT2D eigenvalue weighted by atomic mass is 9.85. The maximum absolute atomic E-state index is 13.4. The molecular weight excluding hydrogens is 504 g/mol. The smallest absolute Gasteiger partial charge is 0.187 e. The fourth-order valence-electron chi connectivity index (χ4n) is 4.11. The second-order valence-corrected chi connectivity index (χ2v) is 14.0. The van der Waals surface area contributed by atoms with E-state index in [1.807, 2.05) is 83.1 Å². The summed E-state index contributed by atoms with van der Waals surface area (Å²) < 4.78 is 24.8. The van der Waals surface area contributed by atoms with E-state index in [4.69, 9.17) is 18.9 Å². The van der Waals surface area contributed by atoms with Gasteiger partial charge >= 0.3 is 0 Å². The number of benzene rings is 2. The molecule has 0 bridgehead atoms. The number of hydrogen-bond donors (Lipinski definition) is 0. The molecule has 0 fully saturated rings. The molecular formula is C34H44O6. The van der Waals surface area contributed by atoms with E-state index in [-0.39, 0.29) is 11.6 Å². The summed E-state index contributed by atoms with van der Waals surface area (Å²) in [7, 11) is 0. The maximum Gasteiger partial charge on any atom is 0.187 e. The molecule has 6 nitrogen and oxygen atoms in total. The van der Waals surface area contributed by atoms with Crippen molar-refractivity contribution in [3.63, 3.8) is 0 Å². The van der Waals surface area contributed by atoms with Gasteiger partial charge in [-0.25, -0.2) is 0 Å². The molecule has 0 saturated heterocycles. The fourth-order valence-corrected chi connectivity index (χ4v) is 4.11. The first kappa shape index (κ1) is 31.0. The van der Waals surface area contributed by atoms with Gasteiger partial charge in [-0.3, -0.25) is 9.59 Å². The van der Waals surface area contributed by atoms with Crippen LogP contribution in [0.25, 0.3) is 11.1 Å². The van der Waals surface area contributed by atoms with E-state index in [9.17, 15) is 9.59 Å². The molecule has 40 heavy (non-hydrogen) atoms. The average molecular weight is 549 g/mol. The fraction of sp³-hybridized carbons (Fsp3) is 0.471. The quantitative estimate of drug-likeness (QED) is 0.341. The van der Waals surface area contributed by atoms with Gasteiger partial charge in [-0.1, -0.05) is 12.1 Å². The molecule has 0 unspecified atom stereocenters. The Labute approximate surface area is 239 Å². The number of rotatable bonds is 6. The van der Waals surface area contributed by atoms with Crippen molar-refractivity contribution >= 4 is 22.7 Å². The lowest BCUT2D eigenvalue weighted by Crippen LogP contribution is -2.26. The van der Waals surface area contributed by atoms with Crippen LogP contribution >= 0.6 is 0 Å². The minimum atomic E-state index is -0.514. The highest BCUT2D eigenvalue weighted by atomic mass is 16.5. The zero-order chi connectivity index (χ0) is 30.3. The number of allylic oxidation sites excluding steroid dienone is 4. The Hall–Kier alpha value is -3.54. The molecule has 0 N–H and O–H groups in total. The van der Waals surface area contributed by atoms with Gasteiger partial charge in [-0.15, -0.1) is 0 Å². The minimum absolute atomic E-state index is 0.269. The van der Waals surface area contributed by atoms with Crippen molar-refractivity contribution in [1.82, 2.24) is 0 Å². The Morgan fingerprint density at radius 2 is 0.700 bits per heavy atom. The van der Waals surface area contributed by atoms with Crippen LogP contribution in [0, 0.1) is 0 Å². The van der Waals surface area contributed by atoms with Gasteiger partial charge in [0.1, 0.15) is 22.4 Å². The first-order valence-electron chi connectivity index (χ1n) is 13.7. The lowest BCUT2D eigenvalue weighted by Gasteiger charge is -2.28. The average Bonchev–Trinajstić information content (AvgIpc) is 2.74. The molecule has 2 aromatic carbocycles. The SMILES string of the molecule is CC(C)(C)Oc1ccc(C2=C(c3ccc(OC(C)(C)C)c(OC(C)(C)C)c3)C(=O)C=CC2=O)cc1OC(C)(C)C. The standard InChI is InChI=1S/C34H44O6/c1-31(2,3)37-25-17-13-21(19-27(25)39-33(7,8)9)29-23(35)15-16-24(36)30(29)22-14-18-26(38-32(4,5)6)28(20-22)40-34(10,11)12/h13-20H,1-12H3. The van der Waals surface area contributed by atoms with Gasteiger partial charge in [-0.05, 0) is 131 Å². The van der Waals surface area contributed by atoms with E-state index in [2.05, 4.69) is 0 Å². The first-order chi connectivity index (χ1) is 18.1. The van der Waals surface area contributed by atoms with Crippen LogP contribution in [0.5, 0.6) is 23.0 Å². The first-order valence-corrected chi connectivity index (χ1v) is 13.7. The summed E-state index contributed by atoms with van der Waals surface area (Å²) in [6, 6.07) is 10.7. The number of carbonyl (C=O) groups is 2. The highest BCUT2D eigenvalue weighted by Gasteiger charge is 2.29. The van der Waals surface area contributed by atoms with Crippen molar-refractivity contribution < 1.29 is 28.5 Å². The topological polar surface area (TPSA) is 71.1 Å². The van der Waals surface area contributed by atoms with Crippen LogP contribution in [-0.4, -0.2) is 34.0 Å². The number of ketones is 2. The summed E-state index contributed by atoms with van der Waals surface area (Å²) >= 11 is 0. The molecule has 0 atom stereocenters. The zero-order valence-electron chi connectivity index (χ0n) is 26.1. The summed E-state index contributed by atoms with van der Waals surface area (Å²) in [6.45, 7) is 23.4. The van der Waals surface area contributed by atoms with Gasteiger partial charge in [-0.2, -0.15) is 0 Å². The minimum Gasteiger partial charge on any atom is -0.484 e. The van der Waals surface area contributed by atoms with E-state index < -0.39 is 22.4 Å². The van der Waals surface area contributed by atoms with Crippen molar-refractivity contribution in [3.8, 4) is 23.0 Å². The van der Waals surface area contributed by atoms with Crippen LogP contribution in [0.4, 0.5) is 0 Å². The normalized spacial score (nSPS) is 14.9. The summed E-state index contributed by atoms with van der Waals surface area (Å²) in [5.74, 6) is 1.56. The predicted octanol–water partition coefficient (Wildman–Crippen LogP) is 8.01. The van der Waals surface area contributed by atoms with Crippen molar-refractivity contribution in [2.75, 3.05) is 0 Å². The van der Waals surface area contributed by atoms with Gasteiger partial charge in [0.25, 0.3) is 0 Å². The Morgan fingerprint density at radius 3 is 0.975 bits per heavy atom. The molecule has 0 aromatic heterocycles. The molecule has 0 amide bonds. The van der Waals surface area contributed by atoms with Gasteiger partial charge in [0.05, 0.1) is 0 Å². The van der Waals surface area contributed by atoms with Crippen molar-refractivity contribution in [3.05, 3.63) is 59.7 Å². The number of hydrogen-bond acceptors (Lipinski definition) is 6. The summed E-state index contributed by atoms with van der Waals surface area (Å²) in [5.41, 5.74) is -0.235. The molecule has 2 aromatic rings. The Bertz CT molecular complexity index is 1250. The highest BCUT2D eigenvalue weighted by Crippen LogP contribution is 2.41. The molecule has 1 aliphatic rings. The molecule has 3 rings (SSSR count). The predicted molar refractivity (Wildman–Crippen MR) is 160 cm³/mol. The van der Waals surface area contributed by atoms with E-state index in [0.717, 1.165) is 0 Å². The molecule has 0 radical (unpaired) electrons. The molecule has 1 aliphatic carbocycles. The van der Waals surface area contributed by atoms with Crippen LogP contribution in [-0.2, 0) is 9.59 Å². The van der Waals surface area contributed by atoms with E-state index in [1.165, 1.54) is 12.2 Å². The Balaban J connectivity index is 2.26. The van der Waals surface area contributed by atoms with Gasteiger partial charge < -0.3 is 18.9 Å².